The summed E-state index contributed by atoms with van der Waals surface area (Å²) in [5.41, 5.74) is 8.20. The van der Waals surface area contributed by atoms with Crippen molar-refractivity contribution in [2.45, 2.75) is 31.8 Å². The van der Waals surface area contributed by atoms with Gasteiger partial charge in [0.05, 0.1) is 19.3 Å². The zero-order valence-electron chi connectivity index (χ0n) is 19.9. The normalized spacial score (nSPS) is 20.0. The Hall–Kier alpha value is -3.28. The van der Waals surface area contributed by atoms with Gasteiger partial charge in [0.2, 0.25) is 11.9 Å². The molecule has 2 aliphatic rings. The molecule has 2 bridgehead atoms. The van der Waals surface area contributed by atoms with Crippen LogP contribution < -0.4 is 27.0 Å². The molecule has 188 valence electrons. The van der Waals surface area contributed by atoms with E-state index >= 15 is 0 Å². The van der Waals surface area contributed by atoms with Crippen LogP contribution in [0.15, 0.2) is 30.5 Å². The minimum atomic E-state index is -0.553. The van der Waals surface area contributed by atoms with E-state index in [9.17, 15) is 9.59 Å². The van der Waals surface area contributed by atoms with Gasteiger partial charge in [-0.15, -0.1) is 0 Å². The summed E-state index contributed by atoms with van der Waals surface area (Å²) in [6.07, 6.45) is 3.42. The van der Waals surface area contributed by atoms with Gasteiger partial charge in [-0.2, -0.15) is 4.98 Å². The van der Waals surface area contributed by atoms with Crippen molar-refractivity contribution < 1.29 is 14.3 Å². The molecule has 0 radical (unpaired) electrons. The lowest BCUT2D eigenvalue weighted by Gasteiger charge is -2.26. The Kier molecular flexibility index (Phi) is 8.82. The first-order valence-electron chi connectivity index (χ1n) is 12.2. The Morgan fingerprint density at radius 3 is 2.63 bits per heavy atom. The van der Waals surface area contributed by atoms with Crippen molar-refractivity contribution in [1.29, 1.82) is 0 Å². The Morgan fingerprint density at radius 1 is 1.09 bits per heavy atom. The van der Waals surface area contributed by atoms with Gasteiger partial charge in [0.25, 0.3) is 5.91 Å². The van der Waals surface area contributed by atoms with E-state index in [0.717, 1.165) is 32.8 Å². The molecule has 0 spiro atoms. The van der Waals surface area contributed by atoms with Crippen molar-refractivity contribution in [3.8, 4) is 0 Å². The molecule has 1 atom stereocenters. The summed E-state index contributed by atoms with van der Waals surface area (Å²) >= 11 is 0. The molecule has 1 unspecified atom stereocenters. The van der Waals surface area contributed by atoms with E-state index in [1.54, 1.807) is 0 Å². The van der Waals surface area contributed by atoms with E-state index in [0.29, 0.717) is 61.9 Å². The molecule has 2 amide bonds. The summed E-state index contributed by atoms with van der Waals surface area (Å²) in [4.78, 5) is 36.2. The van der Waals surface area contributed by atoms with E-state index < -0.39 is 6.04 Å². The highest BCUT2D eigenvalue weighted by Gasteiger charge is 2.17. The van der Waals surface area contributed by atoms with Crippen LogP contribution in [0.25, 0.3) is 0 Å². The number of nitrogens with one attached hydrogen (secondary N) is 4. The van der Waals surface area contributed by atoms with Gasteiger partial charge in [0.1, 0.15) is 11.4 Å². The van der Waals surface area contributed by atoms with Crippen LogP contribution in [-0.2, 0) is 16.1 Å². The predicted molar refractivity (Wildman–Crippen MR) is 134 cm³/mol. The summed E-state index contributed by atoms with van der Waals surface area (Å²) in [7, 11) is 0. The average molecular weight is 483 g/mol. The Bertz CT molecular complexity index is 995. The van der Waals surface area contributed by atoms with Gasteiger partial charge in [0, 0.05) is 51.2 Å². The molecule has 1 saturated heterocycles. The number of nitrogens with two attached hydrogens (primary N) is 1. The van der Waals surface area contributed by atoms with Crippen molar-refractivity contribution in [2.24, 2.45) is 5.73 Å². The summed E-state index contributed by atoms with van der Waals surface area (Å²) in [6.45, 7) is 5.88. The number of aromatic nitrogens is 2. The highest BCUT2D eigenvalue weighted by molar-refractivity contribution is 6.07. The number of fused-ring (bicyclic) bond motifs is 2. The van der Waals surface area contributed by atoms with Gasteiger partial charge in [-0.25, -0.2) is 4.98 Å². The summed E-state index contributed by atoms with van der Waals surface area (Å²) in [5, 5.41) is 12.1. The van der Waals surface area contributed by atoms with Gasteiger partial charge in [-0.3, -0.25) is 14.5 Å². The monoisotopic (exact) mass is 482 g/mol. The molecule has 0 saturated carbocycles. The average Bonchev–Trinajstić information content (AvgIpc) is 2.87. The minimum Gasteiger partial charge on any atom is -0.379 e. The van der Waals surface area contributed by atoms with Gasteiger partial charge in [0.15, 0.2) is 0 Å². The number of benzene rings is 1. The lowest BCUT2D eigenvalue weighted by atomic mass is 10.1. The predicted octanol–water partition coefficient (Wildman–Crippen LogP) is 1.01. The van der Waals surface area contributed by atoms with Gasteiger partial charge < -0.3 is 31.7 Å². The molecule has 4 rings (SSSR count). The van der Waals surface area contributed by atoms with Crippen LogP contribution in [0, 0.1) is 0 Å². The molecule has 2 aliphatic heterocycles. The molecule has 6 N–H and O–H groups in total. The quantitative estimate of drug-likeness (QED) is 0.431. The second-order valence-electron chi connectivity index (χ2n) is 8.74. The molecule has 0 aliphatic carbocycles. The maximum absolute atomic E-state index is 13.1. The van der Waals surface area contributed by atoms with Gasteiger partial charge >= 0.3 is 0 Å². The van der Waals surface area contributed by atoms with Crippen molar-refractivity contribution in [3.05, 3.63) is 41.6 Å². The minimum absolute atomic E-state index is 0.145. The molecule has 35 heavy (non-hydrogen) atoms. The third kappa shape index (κ3) is 7.35. The Labute approximate surface area is 205 Å². The number of rotatable bonds is 4. The number of hydrogen-bond donors (Lipinski definition) is 5. The van der Waals surface area contributed by atoms with Crippen LogP contribution in [0.1, 0.15) is 35.2 Å². The fourth-order valence-corrected chi connectivity index (χ4v) is 3.97. The number of carbonyl (C=O) groups is 2. The Balaban J connectivity index is 1.40. The van der Waals surface area contributed by atoms with E-state index in [1.165, 1.54) is 11.8 Å². The highest BCUT2D eigenvalue weighted by Crippen LogP contribution is 2.18. The molecule has 3 heterocycles. The number of nitrogens with zero attached hydrogens (tertiary/aromatic N) is 3. The van der Waals surface area contributed by atoms with Crippen LogP contribution in [-0.4, -0.2) is 78.7 Å². The van der Waals surface area contributed by atoms with Crippen LogP contribution in [0.3, 0.4) is 0 Å². The fraction of sp³-hybridized carbons (Fsp3) is 0.500. The number of hydrogen-bond acceptors (Lipinski definition) is 9. The standard InChI is InChI=1S/C24H34N8O3/c25-20-3-1-8-26-21-19(15-29-24(31-21)28-10-2-9-27-23(20)34)22(33)30-18-6-4-17(5-7-18)16-32-11-13-35-14-12-32/h4-7,15,20H,1-3,8-14,16,25H2,(H,27,34)(H,30,33)(H2,26,28,29,31). The zero-order chi connectivity index (χ0) is 24.5. The summed E-state index contributed by atoms with van der Waals surface area (Å²) in [6, 6.07) is 7.31. The summed E-state index contributed by atoms with van der Waals surface area (Å²) in [5.74, 6) is 0.431. The van der Waals surface area contributed by atoms with Crippen molar-refractivity contribution in [2.75, 3.05) is 61.9 Å². The molecular weight excluding hydrogens is 448 g/mol. The van der Waals surface area contributed by atoms with E-state index in [4.69, 9.17) is 10.5 Å². The topological polar surface area (TPSA) is 147 Å². The van der Waals surface area contributed by atoms with Crippen molar-refractivity contribution >= 4 is 29.3 Å². The van der Waals surface area contributed by atoms with E-state index in [2.05, 4.69) is 36.1 Å². The highest BCUT2D eigenvalue weighted by atomic mass is 16.5. The lowest BCUT2D eigenvalue weighted by Crippen LogP contribution is -2.41. The van der Waals surface area contributed by atoms with Crippen LogP contribution in [0.2, 0.25) is 0 Å². The number of anilines is 3. The van der Waals surface area contributed by atoms with Crippen molar-refractivity contribution in [3.63, 3.8) is 0 Å². The van der Waals surface area contributed by atoms with Crippen LogP contribution in [0.4, 0.5) is 17.5 Å². The van der Waals surface area contributed by atoms with Crippen LogP contribution >= 0.6 is 0 Å². The third-order valence-electron chi connectivity index (χ3n) is 6.01. The molecule has 2 aromatic rings. The number of morpholine rings is 1. The molecule has 1 aromatic carbocycles. The fourth-order valence-electron chi connectivity index (χ4n) is 3.97. The summed E-state index contributed by atoms with van der Waals surface area (Å²) < 4.78 is 5.40. The second kappa shape index (κ2) is 12.4. The molecular formula is C24H34N8O3. The first-order valence-corrected chi connectivity index (χ1v) is 12.2. The van der Waals surface area contributed by atoms with Gasteiger partial charge in [-0.1, -0.05) is 12.1 Å². The second-order valence-corrected chi connectivity index (χ2v) is 8.74. The van der Waals surface area contributed by atoms with Crippen LogP contribution in [0.5, 0.6) is 0 Å². The first-order chi connectivity index (χ1) is 17.1. The molecule has 11 nitrogen and oxygen atoms in total. The third-order valence-corrected chi connectivity index (χ3v) is 6.01. The maximum atomic E-state index is 13.1. The van der Waals surface area contributed by atoms with E-state index in [-0.39, 0.29) is 11.8 Å². The van der Waals surface area contributed by atoms with E-state index in [1.807, 2.05) is 24.3 Å². The molecule has 1 fully saturated rings. The lowest BCUT2D eigenvalue weighted by molar-refractivity contribution is -0.122. The number of amides is 2. The van der Waals surface area contributed by atoms with Crippen molar-refractivity contribution in [1.82, 2.24) is 20.2 Å². The number of carbonyl (C=O) groups excluding carboxylic acids is 2. The smallest absolute Gasteiger partial charge is 0.260 e. The molecule has 11 heteroatoms. The largest absolute Gasteiger partial charge is 0.379 e. The SMILES string of the molecule is NC1CCCNc2nc(ncc2C(=O)Nc2ccc(CN3CCOCC3)cc2)NCCCNC1=O. The molecule has 1 aromatic heterocycles. The number of ether oxygens (including phenoxy) is 1. The Morgan fingerprint density at radius 2 is 1.83 bits per heavy atom. The van der Waals surface area contributed by atoms with Gasteiger partial charge in [-0.05, 0) is 37.0 Å². The zero-order valence-corrected chi connectivity index (χ0v) is 19.9. The maximum Gasteiger partial charge on any atom is 0.260 e. The first kappa shape index (κ1) is 24.8.